The first kappa shape index (κ1) is 57.1. The minimum Gasteiger partial charge on any atom is -0.480 e. The number of phosphoric acid groups is 1. The van der Waals surface area contributed by atoms with Crippen molar-refractivity contribution in [2.45, 2.75) is 187 Å². The maximum absolute atomic E-state index is 12.7. The second kappa shape index (κ2) is 44.2. The van der Waals surface area contributed by atoms with Gasteiger partial charge in [-0.15, -0.1) is 0 Å². The van der Waals surface area contributed by atoms with Crippen LogP contribution in [0.4, 0.5) is 0 Å². The second-order valence-electron chi connectivity index (χ2n) is 15.1. The molecule has 4 N–H and O–H groups in total. The quantitative estimate of drug-likeness (QED) is 0.0233. The van der Waals surface area contributed by atoms with Gasteiger partial charge in [0.05, 0.1) is 19.8 Å². The van der Waals surface area contributed by atoms with Crippen molar-refractivity contribution in [1.82, 2.24) is 0 Å². The average Bonchev–Trinajstić information content (AvgIpc) is 3.23. The molecule has 0 heterocycles. The van der Waals surface area contributed by atoms with Crippen LogP contribution in [-0.4, -0.2) is 60.5 Å². The lowest BCUT2D eigenvalue weighted by molar-refractivity contribution is -0.154. The fourth-order valence-electron chi connectivity index (χ4n) is 5.84. The van der Waals surface area contributed by atoms with Crippen LogP contribution in [0.3, 0.4) is 0 Å². The van der Waals surface area contributed by atoms with Gasteiger partial charge >= 0.3 is 19.8 Å². The van der Waals surface area contributed by atoms with Gasteiger partial charge in [0, 0.05) is 13.0 Å². The van der Waals surface area contributed by atoms with Gasteiger partial charge in [0.1, 0.15) is 12.1 Å². The summed E-state index contributed by atoms with van der Waals surface area (Å²) < 4.78 is 33.4. The monoisotopic (exact) mass is 862 g/mol. The number of nitrogens with two attached hydrogens (primary N) is 1. The SMILES string of the molecule is CC/C=C\C/C=C\C/C=C\C/C=C\C/C=C\C/C=C\CCCCCCC(=O)OC(COCCCCCCCC/C=C\CCCCCCC)COP(=O)(O)OCC(N)C(=O)O. The van der Waals surface area contributed by atoms with Crippen molar-refractivity contribution in [2.75, 3.05) is 26.4 Å². The lowest BCUT2D eigenvalue weighted by Crippen LogP contribution is -2.34. The van der Waals surface area contributed by atoms with Crippen LogP contribution in [0.1, 0.15) is 174 Å². The van der Waals surface area contributed by atoms with E-state index in [1.807, 2.05) is 0 Å². The van der Waals surface area contributed by atoms with Gasteiger partial charge in [0.2, 0.25) is 0 Å². The normalized spacial score (nSPS) is 14.6. The molecule has 0 aliphatic rings. The number of rotatable bonds is 43. The van der Waals surface area contributed by atoms with Crippen molar-refractivity contribution < 1.29 is 42.7 Å². The van der Waals surface area contributed by atoms with E-state index in [2.05, 4.69) is 98.9 Å². The molecule has 10 nitrogen and oxygen atoms in total. The molecule has 0 bridgehead atoms. The predicted molar refractivity (Wildman–Crippen MR) is 249 cm³/mol. The zero-order valence-corrected chi connectivity index (χ0v) is 38.4. The molecule has 0 fully saturated rings. The van der Waals surface area contributed by atoms with E-state index in [-0.39, 0.29) is 13.0 Å². The van der Waals surface area contributed by atoms with E-state index in [0.717, 1.165) is 89.9 Å². The number of hydrogen-bond donors (Lipinski definition) is 3. The van der Waals surface area contributed by atoms with Crippen LogP contribution in [0.2, 0.25) is 0 Å². The third-order valence-corrected chi connectivity index (χ3v) is 10.4. The molecule has 0 aromatic rings. The van der Waals surface area contributed by atoms with Gasteiger partial charge in [0.25, 0.3) is 0 Å². The number of ether oxygens (including phenoxy) is 2. The maximum Gasteiger partial charge on any atom is 0.472 e. The summed E-state index contributed by atoms with van der Waals surface area (Å²) in [6.07, 6.45) is 56.3. The summed E-state index contributed by atoms with van der Waals surface area (Å²) in [6, 6.07) is -1.48. The first-order valence-corrected chi connectivity index (χ1v) is 24.6. The summed E-state index contributed by atoms with van der Waals surface area (Å²) in [5.41, 5.74) is 5.36. The van der Waals surface area contributed by atoms with Crippen molar-refractivity contribution in [3.8, 4) is 0 Å². The van der Waals surface area contributed by atoms with Crippen LogP contribution < -0.4 is 5.73 Å². The molecular formula is C49H84NO9P. The predicted octanol–water partition coefficient (Wildman–Crippen LogP) is 13.1. The Morgan fingerprint density at radius 3 is 1.47 bits per heavy atom. The highest BCUT2D eigenvalue weighted by atomic mass is 31.2. The van der Waals surface area contributed by atoms with Crippen molar-refractivity contribution in [3.63, 3.8) is 0 Å². The zero-order chi connectivity index (χ0) is 44.0. The summed E-state index contributed by atoms with van der Waals surface area (Å²) in [5.74, 6) is -1.81. The maximum atomic E-state index is 12.7. The van der Waals surface area contributed by atoms with E-state index >= 15 is 0 Å². The van der Waals surface area contributed by atoms with Crippen LogP contribution >= 0.6 is 7.82 Å². The van der Waals surface area contributed by atoms with E-state index < -0.39 is 45.1 Å². The Hall–Kier alpha value is -2.85. The van der Waals surface area contributed by atoms with Crippen LogP contribution in [0.5, 0.6) is 0 Å². The molecule has 0 aromatic heterocycles. The molecule has 3 unspecified atom stereocenters. The molecule has 344 valence electrons. The smallest absolute Gasteiger partial charge is 0.472 e. The zero-order valence-electron chi connectivity index (χ0n) is 37.5. The van der Waals surface area contributed by atoms with Gasteiger partial charge in [-0.2, -0.15) is 0 Å². The number of allylic oxidation sites excluding steroid dienone is 14. The molecule has 0 spiro atoms. The molecule has 0 radical (unpaired) electrons. The summed E-state index contributed by atoms with van der Waals surface area (Å²) in [4.78, 5) is 33.6. The summed E-state index contributed by atoms with van der Waals surface area (Å²) >= 11 is 0. The van der Waals surface area contributed by atoms with Gasteiger partial charge in [-0.3, -0.25) is 18.6 Å². The number of aliphatic carboxylic acids is 1. The van der Waals surface area contributed by atoms with E-state index in [1.54, 1.807) is 0 Å². The number of unbranched alkanes of at least 4 members (excludes halogenated alkanes) is 15. The Morgan fingerprint density at radius 1 is 0.550 bits per heavy atom. The third-order valence-electron chi connectivity index (χ3n) is 9.41. The summed E-state index contributed by atoms with van der Waals surface area (Å²) in [5, 5.41) is 8.91. The third kappa shape index (κ3) is 43.2. The Balaban J connectivity index is 4.29. The van der Waals surface area contributed by atoms with Gasteiger partial charge in [-0.05, 0) is 89.9 Å². The van der Waals surface area contributed by atoms with Gasteiger partial charge in [-0.1, -0.05) is 163 Å². The largest absolute Gasteiger partial charge is 0.480 e. The first-order chi connectivity index (χ1) is 29.2. The molecule has 60 heavy (non-hydrogen) atoms. The van der Waals surface area contributed by atoms with Gasteiger partial charge < -0.3 is 25.2 Å². The molecule has 0 saturated heterocycles. The molecule has 11 heteroatoms. The van der Waals surface area contributed by atoms with Gasteiger partial charge in [0.15, 0.2) is 0 Å². The van der Waals surface area contributed by atoms with Crippen LogP contribution in [0, 0.1) is 0 Å². The number of esters is 1. The van der Waals surface area contributed by atoms with Crippen molar-refractivity contribution in [2.24, 2.45) is 5.73 Å². The molecule has 3 atom stereocenters. The molecule has 0 aliphatic heterocycles. The van der Waals surface area contributed by atoms with E-state index in [1.165, 1.54) is 57.8 Å². The van der Waals surface area contributed by atoms with Crippen LogP contribution in [0.25, 0.3) is 0 Å². The number of carboxylic acids is 1. The lowest BCUT2D eigenvalue weighted by atomic mass is 10.1. The topological polar surface area (TPSA) is 155 Å². The van der Waals surface area contributed by atoms with Crippen LogP contribution in [0.15, 0.2) is 85.1 Å². The number of carbonyl (C=O) groups excluding carboxylic acids is 1. The molecule has 0 saturated carbocycles. The lowest BCUT2D eigenvalue weighted by Gasteiger charge is -2.20. The fraction of sp³-hybridized carbons (Fsp3) is 0.673. The standard InChI is InChI=1S/C49H84NO9P/c1-3-5-7-9-11-13-15-17-19-20-21-22-23-24-25-26-27-29-31-33-35-37-39-41-48(51)59-46(44-57-60(54,55)58-45-47(50)49(52)53)43-56-42-40-38-36-34-32-30-28-18-16-14-12-10-8-6-4-2/h5,7,11,13,16-19,21-22,24-25,27,29,46-47H,3-4,6,8-10,12,14-15,20,23,26,28,30-45,50H2,1-2H3,(H,52,53)(H,54,55)/b7-5-,13-11-,18-16-,19-17-,22-21-,25-24-,29-27-. The van der Waals surface area contributed by atoms with Crippen molar-refractivity contribution in [3.05, 3.63) is 85.1 Å². The highest BCUT2D eigenvalue weighted by molar-refractivity contribution is 7.47. The Labute approximate surface area is 365 Å². The number of hydrogen-bond acceptors (Lipinski definition) is 8. The molecular weight excluding hydrogens is 778 g/mol. The van der Waals surface area contributed by atoms with E-state index in [0.29, 0.717) is 13.0 Å². The second-order valence-corrected chi connectivity index (χ2v) is 16.6. The molecule has 0 aromatic carbocycles. The highest BCUT2D eigenvalue weighted by Crippen LogP contribution is 2.43. The first-order valence-electron chi connectivity index (χ1n) is 23.1. The van der Waals surface area contributed by atoms with E-state index in [4.69, 9.17) is 29.4 Å². The molecule has 0 amide bonds. The van der Waals surface area contributed by atoms with Gasteiger partial charge in [-0.25, -0.2) is 4.57 Å². The van der Waals surface area contributed by atoms with Crippen molar-refractivity contribution >= 4 is 19.8 Å². The fourth-order valence-corrected chi connectivity index (χ4v) is 6.61. The number of carboxylic acid groups (broad SMARTS) is 1. The Bertz CT molecular complexity index is 1270. The average molecular weight is 862 g/mol. The van der Waals surface area contributed by atoms with E-state index in [9.17, 15) is 19.0 Å². The Morgan fingerprint density at radius 2 is 0.967 bits per heavy atom. The minimum atomic E-state index is -4.63. The molecule has 0 aliphatic carbocycles. The Kier molecular flexibility index (Phi) is 42.1. The van der Waals surface area contributed by atoms with Crippen molar-refractivity contribution in [1.29, 1.82) is 0 Å². The number of carbonyl (C=O) groups is 2. The minimum absolute atomic E-state index is 0.00270. The van der Waals surface area contributed by atoms with Crippen LogP contribution in [-0.2, 0) is 32.7 Å². The number of phosphoric ester groups is 1. The molecule has 0 rings (SSSR count). The highest BCUT2D eigenvalue weighted by Gasteiger charge is 2.27. The summed E-state index contributed by atoms with van der Waals surface area (Å²) in [6.45, 7) is 3.70. The summed E-state index contributed by atoms with van der Waals surface area (Å²) in [7, 11) is -4.63.